The van der Waals surface area contributed by atoms with E-state index in [-0.39, 0.29) is 11.3 Å². The third-order valence-electron chi connectivity index (χ3n) is 2.79. The molecule has 0 aliphatic carbocycles. The fraction of sp³-hybridized carbons (Fsp3) is 0.529. The van der Waals surface area contributed by atoms with Crippen molar-refractivity contribution in [3.63, 3.8) is 0 Å². The molecular weight excluding hydrogens is 326 g/mol. The van der Waals surface area contributed by atoms with E-state index in [1.807, 2.05) is 44.2 Å². The highest BCUT2D eigenvalue weighted by Crippen LogP contribution is 2.33. The molecule has 0 amide bonds. The summed E-state index contributed by atoms with van der Waals surface area (Å²) in [5.41, 5.74) is 1.11. The van der Waals surface area contributed by atoms with Crippen LogP contribution in [0.15, 0.2) is 41.6 Å². The van der Waals surface area contributed by atoms with Crippen LogP contribution in [0.5, 0.6) is 0 Å². The van der Waals surface area contributed by atoms with E-state index < -0.39 is 14.5 Å². The molecule has 1 aromatic carbocycles. The molecule has 5 nitrogen and oxygen atoms in total. The first kappa shape index (κ1) is 25.5. The minimum atomic E-state index is -2.29. The van der Waals surface area contributed by atoms with Crippen molar-refractivity contribution < 1.29 is 24.0 Å². The molecule has 2 radical (unpaired) electrons. The predicted molar refractivity (Wildman–Crippen MR) is 101 cm³/mol. The van der Waals surface area contributed by atoms with Crippen molar-refractivity contribution in [1.29, 1.82) is 0 Å². The molecule has 0 aliphatic heterocycles. The van der Waals surface area contributed by atoms with Crippen molar-refractivity contribution in [1.82, 2.24) is 0 Å². The first-order valence-electron chi connectivity index (χ1n) is 7.64. The third-order valence-corrected chi connectivity index (χ3v) is 3.40. The molecule has 1 aromatic rings. The van der Waals surface area contributed by atoms with Crippen LogP contribution in [0, 0.1) is 0 Å². The van der Waals surface area contributed by atoms with Crippen molar-refractivity contribution in [2.75, 3.05) is 28.4 Å². The summed E-state index contributed by atoms with van der Waals surface area (Å²) in [7, 11) is 9.62. The van der Waals surface area contributed by atoms with Crippen molar-refractivity contribution >= 4 is 16.2 Å². The van der Waals surface area contributed by atoms with E-state index in [0.29, 0.717) is 6.42 Å². The van der Waals surface area contributed by atoms with Crippen LogP contribution in [0.25, 0.3) is 0 Å². The Morgan fingerprint density at radius 2 is 1.58 bits per heavy atom. The van der Waals surface area contributed by atoms with Crippen molar-refractivity contribution in [2.24, 2.45) is 0 Å². The maximum absolute atomic E-state index is 9.04. The first-order valence-corrected chi connectivity index (χ1v) is 8.89. The molecule has 2 atom stereocenters. The normalized spacial score (nSPS) is 13.3. The number of hydrogen-bond acceptors (Lipinski definition) is 5. The topological polar surface area (TPSA) is 68.2 Å². The second-order valence-electron chi connectivity index (χ2n) is 4.45. The fourth-order valence-electron chi connectivity index (χ4n) is 1.74. The Bertz CT molecular complexity index is 415. The summed E-state index contributed by atoms with van der Waals surface area (Å²) in [6, 6.07) is 9.85. The number of benzene rings is 1. The molecule has 0 saturated carbocycles. The zero-order valence-corrected chi connectivity index (χ0v) is 16.4. The lowest BCUT2D eigenvalue weighted by Crippen LogP contribution is -2.30. The van der Waals surface area contributed by atoms with E-state index in [1.54, 1.807) is 21.3 Å². The first-order chi connectivity index (χ1) is 11.5. The van der Waals surface area contributed by atoms with E-state index in [9.17, 15) is 0 Å². The van der Waals surface area contributed by atoms with Crippen LogP contribution >= 0.6 is 8.38 Å². The lowest BCUT2D eigenvalue weighted by atomic mass is 10.0. The summed E-state index contributed by atoms with van der Waals surface area (Å²) < 4.78 is 15.0. The average molecular weight is 356 g/mol. The maximum atomic E-state index is 9.04. The fourth-order valence-corrected chi connectivity index (χ4v) is 2.02. The maximum Gasteiger partial charge on any atom is 0.183 e. The monoisotopic (exact) mass is 356 g/mol. The molecular formula is C17H30BO5P. The molecule has 2 N–H and O–H groups in total. The van der Waals surface area contributed by atoms with E-state index in [4.69, 9.17) is 27.1 Å². The molecule has 24 heavy (non-hydrogen) atoms. The lowest BCUT2D eigenvalue weighted by molar-refractivity contribution is -0.0107. The Morgan fingerprint density at radius 3 is 1.96 bits per heavy atom. The van der Waals surface area contributed by atoms with Crippen molar-refractivity contribution in [3.8, 4) is 0 Å². The van der Waals surface area contributed by atoms with E-state index >= 15 is 0 Å². The number of ether oxygens (including phenoxy) is 3. The number of hydrogen-bond donors (Lipinski definition) is 2. The summed E-state index contributed by atoms with van der Waals surface area (Å²) in [5.74, 6) is 0. The van der Waals surface area contributed by atoms with Gasteiger partial charge in [-0.05, 0) is 10.8 Å². The zero-order chi connectivity index (χ0) is 19.0. The second kappa shape index (κ2) is 17.1. The molecule has 0 heterocycles. The van der Waals surface area contributed by atoms with Crippen LogP contribution in [-0.4, -0.2) is 58.3 Å². The van der Waals surface area contributed by atoms with Gasteiger partial charge in [0.25, 0.3) is 0 Å². The molecule has 0 saturated heterocycles. The molecule has 0 spiro atoms. The van der Waals surface area contributed by atoms with Gasteiger partial charge in [-0.3, -0.25) is 0 Å². The van der Waals surface area contributed by atoms with Crippen LogP contribution < -0.4 is 0 Å². The zero-order valence-electron chi connectivity index (χ0n) is 15.5. The van der Waals surface area contributed by atoms with Crippen molar-refractivity contribution in [2.45, 2.75) is 32.5 Å². The molecule has 0 bridgehead atoms. The highest BCUT2D eigenvalue weighted by Gasteiger charge is 2.20. The minimum Gasteiger partial charge on any atom is -0.388 e. The molecule has 0 fully saturated rings. The largest absolute Gasteiger partial charge is 0.388 e. The highest BCUT2D eigenvalue weighted by molar-refractivity contribution is 7.52. The number of rotatable bonds is 7. The van der Waals surface area contributed by atoms with Gasteiger partial charge in [0, 0.05) is 34.9 Å². The molecule has 136 valence electrons. The van der Waals surface area contributed by atoms with Crippen LogP contribution in [0.2, 0.25) is 0 Å². The summed E-state index contributed by atoms with van der Waals surface area (Å²) in [6.07, 6.45) is 1.45. The molecule has 1 rings (SSSR count). The summed E-state index contributed by atoms with van der Waals surface area (Å²) in [6.45, 7) is 4.00. The molecule has 0 aromatic heterocycles. The Labute approximate surface area is 149 Å². The van der Waals surface area contributed by atoms with Gasteiger partial charge in [-0.2, -0.15) is 0 Å². The quantitative estimate of drug-likeness (QED) is 0.581. The molecule has 7 heteroatoms. The standard InChI is InChI=1S/C13H18BO4P.C2H6O.C2H6/c1-17-11(8-10-6-4-3-5-7-10)12(18-2)9-13(14)19(15)16;1-3-2;1-2/h3-7,9,11-12,15-16H,8H2,1-2H3;1-2H3;1-2H3/b13-9+;;/t11-,12?;;/m0../s1. The van der Waals surface area contributed by atoms with E-state index in [2.05, 4.69) is 4.74 Å². The SMILES string of the molecule is CC.COC.[B]/C(=C\C(OC)[C@H](Cc1ccccc1)OC)P(O)O. The Kier molecular flexibility index (Phi) is 18.2. The average Bonchev–Trinajstić information content (AvgIpc) is 2.61. The third kappa shape index (κ3) is 11.7. The van der Waals surface area contributed by atoms with Gasteiger partial charge in [0.05, 0.1) is 6.10 Å². The van der Waals surface area contributed by atoms with E-state index in [1.165, 1.54) is 13.2 Å². The summed E-state index contributed by atoms with van der Waals surface area (Å²) in [5, 5.41) is 0.0111. The van der Waals surface area contributed by atoms with Crippen LogP contribution in [0.3, 0.4) is 0 Å². The van der Waals surface area contributed by atoms with Gasteiger partial charge in [-0.15, -0.1) is 0 Å². The van der Waals surface area contributed by atoms with Gasteiger partial charge in [-0.25, -0.2) is 0 Å². The predicted octanol–water partition coefficient (Wildman–Crippen LogP) is 2.85. The van der Waals surface area contributed by atoms with Gasteiger partial charge in [-0.1, -0.05) is 50.3 Å². The van der Waals surface area contributed by atoms with Crippen LogP contribution in [0.1, 0.15) is 19.4 Å². The smallest absolute Gasteiger partial charge is 0.183 e. The number of methoxy groups -OCH3 is 3. The lowest BCUT2D eigenvalue weighted by Gasteiger charge is -2.23. The van der Waals surface area contributed by atoms with Crippen LogP contribution in [0.4, 0.5) is 0 Å². The van der Waals surface area contributed by atoms with Crippen LogP contribution in [-0.2, 0) is 20.6 Å². The Hall–Kier alpha value is -0.745. The Morgan fingerprint density at radius 1 is 1.08 bits per heavy atom. The minimum absolute atomic E-state index is 0.0111. The summed E-state index contributed by atoms with van der Waals surface area (Å²) in [4.78, 5) is 18.1. The second-order valence-corrected chi connectivity index (χ2v) is 5.55. The van der Waals surface area contributed by atoms with Gasteiger partial charge in [0.2, 0.25) is 0 Å². The van der Waals surface area contributed by atoms with Gasteiger partial charge in [0.1, 0.15) is 14.0 Å². The molecule has 0 aliphatic rings. The van der Waals surface area contributed by atoms with E-state index in [0.717, 1.165) is 5.56 Å². The van der Waals surface area contributed by atoms with Gasteiger partial charge < -0.3 is 24.0 Å². The summed E-state index contributed by atoms with van der Waals surface area (Å²) >= 11 is 0. The highest BCUT2D eigenvalue weighted by atomic mass is 31.2. The Balaban J connectivity index is 0. The van der Waals surface area contributed by atoms with Crippen molar-refractivity contribution in [3.05, 3.63) is 47.2 Å². The van der Waals surface area contributed by atoms with Gasteiger partial charge >= 0.3 is 0 Å². The van der Waals surface area contributed by atoms with Gasteiger partial charge in [0.15, 0.2) is 8.38 Å². The molecule has 1 unspecified atom stereocenters.